The van der Waals surface area contributed by atoms with Crippen LogP contribution in [0, 0.1) is 12.8 Å². The molecule has 104 valence electrons. The summed E-state index contributed by atoms with van der Waals surface area (Å²) in [7, 11) is 0. The number of carbonyl (C=O) groups is 1. The summed E-state index contributed by atoms with van der Waals surface area (Å²) in [6.45, 7) is 2.11. The number of nitrogens with one attached hydrogen (secondary N) is 1. The normalized spacial score (nSPS) is 15.9. The molecule has 5 heteroatoms. The summed E-state index contributed by atoms with van der Waals surface area (Å²) in [5, 5.41) is 12.9. The van der Waals surface area contributed by atoms with E-state index >= 15 is 0 Å². The molecule has 1 aromatic carbocycles. The molecule has 1 unspecified atom stereocenters. The number of halogens is 1. The van der Waals surface area contributed by atoms with Crippen LogP contribution >= 0.6 is 11.6 Å². The van der Waals surface area contributed by atoms with Crippen molar-refractivity contribution in [2.75, 3.05) is 13.2 Å². The largest absolute Gasteiger partial charge is 0.484 e. The number of aliphatic hydroxyl groups is 1. The molecule has 19 heavy (non-hydrogen) atoms. The smallest absolute Gasteiger partial charge is 0.258 e. The summed E-state index contributed by atoms with van der Waals surface area (Å²) in [4.78, 5) is 11.6. The molecule has 1 fully saturated rings. The van der Waals surface area contributed by atoms with Gasteiger partial charge < -0.3 is 15.2 Å². The molecule has 0 aliphatic heterocycles. The van der Waals surface area contributed by atoms with Gasteiger partial charge in [-0.1, -0.05) is 11.6 Å². The summed E-state index contributed by atoms with van der Waals surface area (Å²) in [6.07, 6.45) is 1.68. The molecule has 1 aliphatic rings. The van der Waals surface area contributed by atoms with Crippen LogP contribution in [0.25, 0.3) is 0 Å². The van der Waals surface area contributed by atoms with Gasteiger partial charge in [-0.05, 0) is 49.4 Å². The number of carbonyl (C=O) groups excluding carboxylic acids is 1. The number of aryl methyl sites for hydroxylation is 1. The predicted molar refractivity (Wildman–Crippen MR) is 73.4 cm³/mol. The van der Waals surface area contributed by atoms with Gasteiger partial charge >= 0.3 is 0 Å². The molecule has 1 aromatic rings. The fourth-order valence-electron chi connectivity index (χ4n) is 1.84. The highest BCUT2D eigenvalue weighted by atomic mass is 35.5. The van der Waals surface area contributed by atoms with Gasteiger partial charge in [-0.2, -0.15) is 0 Å². The molecular weight excluding hydrogens is 266 g/mol. The highest BCUT2D eigenvalue weighted by Gasteiger charge is 2.29. The first-order valence-electron chi connectivity index (χ1n) is 6.40. The van der Waals surface area contributed by atoms with Crippen molar-refractivity contribution in [2.24, 2.45) is 5.92 Å². The van der Waals surface area contributed by atoms with Crippen molar-refractivity contribution in [1.82, 2.24) is 5.32 Å². The van der Waals surface area contributed by atoms with Gasteiger partial charge in [-0.25, -0.2) is 0 Å². The molecule has 1 saturated carbocycles. The zero-order chi connectivity index (χ0) is 13.8. The lowest BCUT2D eigenvalue weighted by molar-refractivity contribution is -0.123. The molecule has 0 bridgehead atoms. The topological polar surface area (TPSA) is 58.6 Å². The summed E-state index contributed by atoms with van der Waals surface area (Å²) < 4.78 is 5.41. The highest BCUT2D eigenvalue weighted by Crippen LogP contribution is 2.32. The average Bonchev–Trinajstić information content (AvgIpc) is 3.19. The van der Waals surface area contributed by atoms with Gasteiger partial charge in [-0.15, -0.1) is 0 Å². The molecule has 0 aromatic heterocycles. The molecular formula is C14H18ClNO3. The van der Waals surface area contributed by atoms with Crippen LogP contribution in [-0.4, -0.2) is 30.3 Å². The van der Waals surface area contributed by atoms with E-state index in [0.29, 0.717) is 23.2 Å². The minimum Gasteiger partial charge on any atom is -0.484 e. The predicted octanol–water partition coefficient (Wildman–Crippen LogP) is 1.91. The quantitative estimate of drug-likeness (QED) is 0.838. The highest BCUT2D eigenvalue weighted by molar-refractivity contribution is 6.30. The third-order valence-electron chi connectivity index (χ3n) is 3.17. The lowest BCUT2D eigenvalue weighted by Gasteiger charge is -2.12. The summed E-state index contributed by atoms with van der Waals surface area (Å²) >= 11 is 5.84. The standard InChI is InChI=1S/C14H18ClNO3/c1-9-6-11(15)4-5-13(9)19-8-14(18)16-7-12(17)10-2-3-10/h4-6,10,12,17H,2-3,7-8H2,1H3,(H,16,18). The Hall–Kier alpha value is -1.26. The van der Waals surface area contributed by atoms with E-state index in [9.17, 15) is 9.90 Å². The van der Waals surface area contributed by atoms with E-state index < -0.39 is 6.10 Å². The second kappa shape index (κ2) is 6.26. The zero-order valence-electron chi connectivity index (χ0n) is 10.9. The first-order chi connectivity index (χ1) is 9.06. The van der Waals surface area contributed by atoms with Gasteiger partial charge in [-0.3, -0.25) is 4.79 Å². The van der Waals surface area contributed by atoms with Gasteiger partial charge in [0.2, 0.25) is 0 Å². The van der Waals surface area contributed by atoms with Crippen molar-refractivity contribution < 1.29 is 14.6 Å². The number of hydrogen-bond acceptors (Lipinski definition) is 3. The first kappa shape index (κ1) is 14.2. The minimum atomic E-state index is -0.429. The Kier molecular flexibility index (Phi) is 4.66. The van der Waals surface area contributed by atoms with E-state index in [1.807, 2.05) is 6.92 Å². The number of hydrogen-bond donors (Lipinski definition) is 2. The van der Waals surface area contributed by atoms with Crippen molar-refractivity contribution in [1.29, 1.82) is 0 Å². The van der Waals surface area contributed by atoms with Crippen molar-refractivity contribution >= 4 is 17.5 Å². The molecule has 1 amide bonds. The van der Waals surface area contributed by atoms with Crippen molar-refractivity contribution in [3.05, 3.63) is 28.8 Å². The van der Waals surface area contributed by atoms with Crippen LogP contribution in [0.2, 0.25) is 5.02 Å². The summed E-state index contributed by atoms with van der Waals surface area (Å²) in [5.41, 5.74) is 0.887. The van der Waals surface area contributed by atoms with Crippen LogP contribution in [0.4, 0.5) is 0 Å². The van der Waals surface area contributed by atoms with Gasteiger partial charge in [0.25, 0.3) is 5.91 Å². The third kappa shape index (κ3) is 4.40. The van der Waals surface area contributed by atoms with Crippen LogP contribution < -0.4 is 10.1 Å². The molecule has 1 aliphatic carbocycles. The Morgan fingerprint density at radius 1 is 1.58 bits per heavy atom. The maximum absolute atomic E-state index is 11.6. The lowest BCUT2D eigenvalue weighted by Crippen LogP contribution is -2.36. The van der Waals surface area contributed by atoms with Crippen molar-refractivity contribution in [3.63, 3.8) is 0 Å². The Balaban J connectivity index is 1.73. The van der Waals surface area contributed by atoms with Gasteiger partial charge in [0, 0.05) is 11.6 Å². The average molecular weight is 284 g/mol. The maximum Gasteiger partial charge on any atom is 0.258 e. The second-order valence-corrected chi connectivity index (χ2v) is 5.34. The van der Waals surface area contributed by atoms with E-state index in [-0.39, 0.29) is 12.5 Å². The Labute approximate surface area is 117 Å². The Bertz CT molecular complexity index is 460. The van der Waals surface area contributed by atoms with Crippen LogP contribution in [-0.2, 0) is 4.79 Å². The van der Waals surface area contributed by atoms with E-state index in [2.05, 4.69) is 5.32 Å². The molecule has 0 heterocycles. The summed E-state index contributed by atoms with van der Waals surface area (Å²) in [6, 6.07) is 5.24. The van der Waals surface area contributed by atoms with Gasteiger partial charge in [0.15, 0.2) is 6.61 Å². The monoisotopic (exact) mass is 283 g/mol. The van der Waals surface area contributed by atoms with Gasteiger partial charge in [0.05, 0.1) is 6.10 Å². The molecule has 0 radical (unpaired) electrons. The van der Waals surface area contributed by atoms with Crippen molar-refractivity contribution in [2.45, 2.75) is 25.9 Å². The number of amides is 1. The third-order valence-corrected chi connectivity index (χ3v) is 3.41. The SMILES string of the molecule is Cc1cc(Cl)ccc1OCC(=O)NCC(O)C1CC1. The van der Waals surface area contributed by atoms with E-state index in [1.54, 1.807) is 18.2 Å². The molecule has 0 saturated heterocycles. The molecule has 2 rings (SSSR count). The Morgan fingerprint density at radius 3 is 2.95 bits per heavy atom. The van der Waals surface area contributed by atoms with Crippen LogP contribution in [0.1, 0.15) is 18.4 Å². The minimum absolute atomic E-state index is 0.0557. The molecule has 1 atom stereocenters. The fourth-order valence-corrected chi connectivity index (χ4v) is 2.06. The molecule has 4 nitrogen and oxygen atoms in total. The van der Waals surface area contributed by atoms with Crippen LogP contribution in [0.5, 0.6) is 5.75 Å². The summed E-state index contributed by atoms with van der Waals surface area (Å²) in [5.74, 6) is 0.774. The zero-order valence-corrected chi connectivity index (χ0v) is 11.6. The fraction of sp³-hybridized carbons (Fsp3) is 0.500. The Morgan fingerprint density at radius 2 is 2.32 bits per heavy atom. The number of ether oxygens (including phenoxy) is 1. The number of aliphatic hydroxyl groups excluding tert-OH is 1. The van der Waals surface area contributed by atoms with E-state index in [1.165, 1.54) is 0 Å². The number of benzene rings is 1. The first-order valence-corrected chi connectivity index (χ1v) is 6.78. The maximum atomic E-state index is 11.6. The van der Waals surface area contributed by atoms with E-state index in [4.69, 9.17) is 16.3 Å². The molecule has 0 spiro atoms. The van der Waals surface area contributed by atoms with Gasteiger partial charge in [0.1, 0.15) is 5.75 Å². The second-order valence-electron chi connectivity index (χ2n) is 4.91. The van der Waals surface area contributed by atoms with E-state index in [0.717, 1.165) is 18.4 Å². The molecule has 2 N–H and O–H groups in total. The van der Waals surface area contributed by atoms with Crippen LogP contribution in [0.15, 0.2) is 18.2 Å². The van der Waals surface area contributed by atoms with Crippen LogP contribution in [0.3, 0.4) is 0 Å². The number of rotatable bonds is 6. The van der Waals surface area contributed by atoms with Crippen molar-refractivity contribution in [3.8, 4) is 5.75 Å². The lowest BCUT2D eigenvalue weighted by atomic mass is 10.2.